The number of carbonyl (C=O) groups excluding carboxylic acids is 1. The van der Waals surface area contributed by atoms with Crippen molar-refractivity contribution in [2.24, 2.45) is 0 Å². The normalized spacial score (nSPS) is 11.3. The molecule has 7 nitrogen and oxygen atoms in total. The molecule has 10 heteroatoms. The highest BCUT2D eigenvalue weighted by Gasteiger charge is 2.30. The van der Waals surface area contributed by atoms with E-state index in [9.17, 15) is 22.8 Å². The van der Waals surface area contributed by atoms with E-state index in [0.29, 0.717) is 35.0 Å². The van der Waals surface area contributed by atoms with Gasteiger partial charge in [-0.1, -0.05) is 0 Å². The van der Waals surface area contributed by atoms with Crippen molar-refractivity contribution in [3.05, 3.63) is 75.3 Å². The number of aryl methyl sites for hydroxylation is 1. The van der Waals surface area contributed by atoms with E-state index in [1.54, 1.807) is 32.2 Å². The minimum atomic E-state index is -4.44. The van der Waals surface area contributed by atoms with Gasteiger partial charge in [0.25, 0.3) is 11.5 Å². The van der Waals surface area contributed by atoms with Crippen LogP contribution in [-0.4, -0.2) is 33.9 Å². The van der Waals surface area contributed by atoms with Crippen molar-refractivity contribution in [3.63, 3.8) is 0 Å². The van der Waals surface area contributed by atoms with Crippen LogP contribution >= 0.6 is 0 Å². The number of rotatable bonds is 6. The minimum absolute atomic E-state index is 0.144. The van der Waals surface area contributed by atoms with Crippen LogP contribution in [0, 0.1) is 13.8 Å². The molecule has 0 saturated heterocycles. The van der Waals surface area contributed by atoms with Crippen LogP contribution in [0.5, 0.6) is 0 Å². The second kappa shape index (κ2) is 8.99. The van der Waals surface area contributed by atoms with E-state index in [-0.39, 0.29) is 17.7 Å². The number of hydrogen-bond acceptors (Lipinski definition) is 5. The molecular weight excluding hydrogens is 411 g/mol. The molecule has 162 valence electrons. The van der Waals surface area contributed by atoms with E-state index in [2.05, 4.69) is 25.6 Å². The summed E-state index contributed by atoms with van der Waals surface area (Å²) in [5, 5.41) is 5.65. The molecule has 3 N–H and O–H groups in total. The Bertz CT molecular complexity index is 1120. The molecule has 0 aliphatic rings. The first-order valence-electron chi connectivity index (χ1n) is 9.38. The van der Waals surface area contributed by atoms with Crippen molar-refractivity contribution in [2.75, 3.05) is 18.4 Å². The van der Waals surface area contributed by atoms with Gasteiger partial charge in [-0.15, -0.1) is 0 Å². The molecule has 0 fully saturated rings. The Morgan fingerprint density at radius 1 is 1.06 bits per heavy atom. The smallest absolute Gasteiger partial charge is 0.368 e. The zero-order valence-corrected chi connectivity index (χ0v) is 16.8. The first-order valence-corrected chi connectivity index (χ1v) is 9.38. The Morgan fingerprint density at radius 2 is 1.77 bits per heavy atom. The zero-order chi connectivity index (χ0) is 22.6. The highest BCUT2D eigenvalue weighted by Crippen LogP contribution is 2.29. The molecule has 0 saturated carbocycles. The fraction of sp³-hybridized carbons (Fsp3) is 0.238. The van der Waals surface area contributed by atoms with Gasteiger partial charge in [-0.05, 0) is 50.2 Å². The molecule has 1 aromatic carbocycles. The summed E-state index contributed by atoms with van der Waals surface area (Å²) in [5.41, 5.74) is 0.999. The van der Waals surface area contributed by atoms with Crippen LogP contribution in [0.4, 0.5) is 19.0 Å². The number of aromatic nitrogens is 3. The molecule has 31 heavy (non-hydrogen) atoms. The Kier molecular flexibility index (Phi) is 6.38. The van der Waals surface area contributed by atoms with Gasteiger partial charge in [-0.3, -0.25) is 9.59 Å². The predicted octanol–water partition coefficient (Wildman–Crippen LogP) is 3.31. The Labute approximate surface area is 175 Å². The molecule has 0 aliphatic heterocycles. The molecule has 0 spiro atoms. The number of amides is 1. The number of hydrogen-bond donors (Lipinski definition) is 3. The van der Waals surface area contributed by atoms with Crippen LogP contribution in [-0.2, 0) is 6.18 Å². The summed E-state index contributed by atoms with van der Waals surface area (Å²) in [4.78, 5) is 35.2. The molecule has 2 aromatic heterocycles. The van der Waals surface area contributed by atoms with E-state index in [0.717, 1.165) is 24.3 Å². The number of benzene rings is 1. The van der Waals surface area contributed by atoms with Gasteiger partial charge in [0.15, 0.2) is 0 Å². The maximum atomic E-state index is 12.6. The van der Waals surface area contributed by atoms with E-state index in [1.807, 2.05) is 0 Å². The fourth-order valence-corrected chi connectivity index (χ4v) is 2.70. The number of anilines is 1. The Hall–Kier alpha value is -3.69. The monoisotopic (exact) mass is 431 g/mol. The second-order valence-corrected chi connectivity index (χ2v) is 6.81. The lowest BCUT2D eigenvalue weighted by molar-refractivity contribution is -0.137. The second-order valence-electron chi connectivity index (χ2n) is 6.81. The average Bonchev–Trinajstić information content (AvgIpc) is 2.74. The van der Waals surface area contributed by atoms with Crippen molar-refractivity contribution in [1.82, 2.24) is 20.3 Å². The lowest BCUT2D eigenvalue weighted by atomic mass is 10.1. The first kappa shape index (κ1) is 22.0. The number of nitrogens with zero attached hydrogens (tertiary/aromatic N) is 2. The number of alkyl halides is 3. The van der Waals surface area contributed by atoms with E-state index >= 15 is 0 Å². The lowest BCUT2D eigenvalue weighted by Crippen LogP contribution is -2.28. The van der Waals surface area contributed by atoms with Crippen molar-refractivity contribution in [3.8, 4) is 11.4 Å². The van der Waals surface area contributed by atoms with E-state index in [4.69, 9.17) is 0 Å². The van der Waals surface area contributed by atoms with Gasteiger partial charge in [0.05, 0.1) is 5.56 Å². The largest absolute Gasteiger partial charge is 0.416 e. The third-order valence-electron chi connectivity index (χ3n) is 4.62. The van der Waals surface area contributed by atoms with Gasteiger partial charge in [0, 0.05) is 41.7 Å². The van der Waals surface area contributed by atoms with Crippen LogP contribution in [0.2, 0.25) is 0 Å². The standard InChI is InChI=1S/C21H20F3N5O2/c1-12-13(2)28-18(29-19(12)30)15-5-8-17(27-11-15)25-9-10-26-20(31)14-3-6-16(7-4-14)21(22,23)24/h3-8,11H,9-10H2,1-2H3,(H,25,27)(H,26,31)(H,28,29,30). The quantitative estimate of drug-likeness (QED) is 0.520. The number of pyridine rings is 1. The number of halogens is 3. The summed E-state index contributed by atoms with van der Waals surface area (Å²) in [6.07, 6.45) is -2.87. The lowest BCUT2D eigenvalue weighted by Gasteiger charge is -2.10. The van der Waals surface area contributed by atoms with Crippen molar-refractivity contribution in [2.45, 2.75) is 20.0 Å². The predicted molar refractivity (Wildman–Crippen MR) is 110 cm³/mol. The summed E-state index contributed by atoms with van der Waals surface area (Å²) < 4.78 is 37.7. The SMILES string of the molecule is Cc1nc(-c2ccc(NCCNC(=O)c3ccc(C(F)(F)F)cc3)nc2)[nH]c(=O)c1C. The van der Waals surface area contributed by atoms with Crippen molar-refractivity contribution >= 4 is 11.7 Å². The van der Waals surface area contributed by atoms with Crippen LogP contribution in [0.1, 0.15) is 27.2 Å². The summed E-state index contributed by atoms with van der Waals surface area (Å²) >= 11 is 0. The molecule has 0 aliphatic carbocycles. The molecule has 3 aromatic rings. The van der Waals surface area contributed by atoms with Gasteiger partial charge in [0.2, 0.25) is 0 Å². The molecule has 2 heterocycles. The molecule has 0 bridgehead atoms. The molecular formula is C21H20F3N5O2. The average molecular weight is 431 g/mol. The number of nitrogens with one attached hydrogen (secondary N) is 3. The van der Waals surface area contributed by atoms with Crippen LogP contribution in [0.3, 0.4) is 0 Å². The van der Waals surface area contributed by atoms with Gasteiger partial charge in [0.1, 0.15) is 11.6 Å². The van der Waals surface area contributed by atoms with Gasteiger partial charge in [-0.2, -0.15) is 13.2 Å². The minimum Gasteiger partial charge on any atom is -0.368 e. The molecule has 0 unspecified atom stereocenters. The summed E-state index contributed by atoms with van der Waals surface area (Å²) in [7, 11) is 0. The first-order chi connectivity index (χ1) is 14.6. The Balaban J connectivity index is 1.51. The third-order valence-corrected chi connectivity index (χ3v) is 4.62. The van der Waals surface area contributed by atoms with Crippen LogP contribution < -0.4 is 16.2 Å². The highest BCUT2D eigenvalue weighted by molar-refractivity contribution is 5.94. The maximum absolute atomic E-state index is 12.6. The number of carbonyl (C=O) groups is 1. The maximum Gasteiger partial charge on any atom is 0.416 e. The van der Waals surface area contributed by atoms with E-state index in [1.165, 1.54) is 0 Å². The third kappa shape index (κ3) is 5.47. The summed E-state index contributed by atoms with van der Waals surface area (Å²) in [6, 6.07) is 7.48. The van der Waals surface area contributed by atoms with E-state index < -0.39 is 17.6 Å². The Morgan fingerprint density at radius 3 is 2.35 bits per heavy atom. The van der Waals surface area contributed by atoms with Crippen LogP contribution in [0.15, 0.2) is 47.4 Å². The highest BCUT2D eigenvalue weighted by atomic mass is 19.4. The number of H-pyrrole nitrogens is 1. The van der Waals surface area contributed by atoms with Gasteiger partial charge < -0.3 is 15.6 Å². The van der Waals surface area contributed by atoms with Crippen molar-refractivity contribution in [1.29, 1.82) is 0 Å². The van der Waals surface area contributed by atoms with Gasteiger partial charge >= 0.3 is 6.18 Å². The summed E-state index contributed by atoms with van der Waals surface area (Å²) in [6.45, 7) is 4.07. The zero-order valence-electron chi connectivity index (χ0n) is 16.8. The fourth-order valence-electron chi connectivity index (χ4n) is 2.70. The summed E-state index contributed by atoms with van der Waals surface area (Å²) in [5.74, 6) is 0.512. The topological polar surface area (TPSA) is 99.8 Å². The molecule has 1 amide bonds. The van der Waals surface area contributed by atoms with Gasteiger partial charge in [-0.25, -0.2) is 9.97 Å². The van der Waals surface area contributed by atoms with Crippen molar-refractivity contribution < 1.29 is 18.0 Å². The van der Waals surface area contributed by atoms with Crippen LogP contribution in [0.25, 0.3) is 11.4 Å². The molecule has 0 atom stereocenters. The number of aromatic amines is 1. The molecule has 0 radical (unpaired) electrons. The molecule has 3 rings (SSSR count).